The zero-order valence-corrected chi connectivity index (χ0v) is 15.9. The van der Waals surface area contributed by atoms with Crippen LogP contribution in [0.5, 0.6) is 5.75 Å². The lowest BCUT2D eigenvalue weighted by Crippen LogP contribution is -2.31. The number of imidazole rings is 1. The standard InChI is InChI=1S/C22H21N5O2/c1-29-19-15-27(17-10-6-3-7-11-17)26-21(19)22(28)25-18(14-20-23-12-13-24-20)16-8-4-2-5-9-16/h2-13,15,18H,14H2,1H3,(H,23,24)(H,25,28)/t18-/m1/s1. The van der Waals surface area contributed by atoms with Crippen LogP contribution in [0, 0.1) is 0 Å². The first-order valence-corrected chi connectivity index (χ1v) is 9.27. The molecule has 1 atom stereocenters. The van der Waals surface area contributed by atoms with Crippen molar-refractivity contribution < 1.29 is 9.53 Å². The van der Waals surface area contributed by atoms with E-state index in [4.69, 9.17) is 4.74 Å². The van der Waals surface area contributed by atoms with Crippen molar-refractivity contribution in [2.75, 3.05) is 7.11 Å². The highest BCUT2D eigenvalue weighted by Gasteiger charge is 2.23. The maximum absolute atomic E-state index is 13.1. The van der Waals surface area contributed by atoms with Crippen molar-refractivity contribution in [3.05, 3.63) is 96.3 Å². The van der Waals surface area contributed by atoms with Crippen molar-refractivity contribution in [1.29, 1.82) is 0 Å². The Morgan fingerprint density at radius 1 is 1.14 bits per heavy atom. The zero-order valence-electron chi connectivity index (χ0n) is 15.9. The molecule has 0 saturated carbocycles. The van der Waals surface area contributed by atoms with E-state index in [-0.39, 0.29) is 17.6 Å². The average Bonchev–Trinajstić information content (AvgIpc) is 3.44. The average molecular weight is 387 g/mol. The number of carbonyl (C=O) groups excluding carboxylic acids is 1. The van der Waals surface area contributed by atoms with Gasteiger partial charge in [-0.1, -0.05) is 48.5 Å². The fraction of sp³-hybridized carbons (Fsp3) is 0.136. The summed E-state index contributed by atoms with van der Waals surface area (Å²) >= 11 is 0. The molecule has 146 valence electrons. The second-order valence-corrected chi connectivity index (χ2v) is 6.50. The summed E-state index contributed by atoms with van der Waals surface area (Å²) in [4.78, 5) is 20.5. The van der Waals surface area contributed by atoms with Gasteiger partial charge in [0.05, 0.1) is 25.0 Å². The van der Waals surface area contributed by atoms with Crippen LogP contribution in [0.4, 0.5) is 0 Å². The van der Waals surface area contributed by atoms with Gasteiger partial charge in [0.15, 0.2) is 11.4 Å². The van der Waals surface area contributed by atoms with Crippen molar-refractivity contribution in [2.24, 2.45) is 0 Å². The van der Waals surface area contributed by atoms with Crippen LogP contribution >= 0.6 is 0 Å². The van der Waals surface area contributed by atoms with E-state index in [0.717, 1.165) is 17.1 Å². The van der Waals surface area contributed by atoms with Gasteiger partial charge < -0.3 is 15.0 Å². The molecule has 2 aromatic carbocycles. The minimum absolute atomic E-state index is 0.233. The number of methoxy groups -OCH3 is 1. The number of hydrogen-bond donors (Lipinski definition) is 2. The van der Waals surface area contributed by atoms with Gasteiger partial charge in [-0.25, -0.2) is 9.67 Å². The molecule has 0 radical (unpaired) electrons. The highest BCUT2D eigenvalue weighted by molar-refractivity contribution is 5.95. The molecule has 0 aliphatic rings. The van der Waals surface area contributed by atoms with Crippen LogP contribution < -0.4 is 10.1 Å². The number of rotatable bonds is 7. The van der Waals surface area contributed by atoms with Gasteiger partial charge in [0.2, 0.25) is 0 Å². The number of para-hydroxylation sites is 1. The molecule has 0 aliphatic carbocycles. The van der Waals surface area contributed by atoms with E-state index in [0.29, 0.717) is 12.2 Å². The number of nitrogens with zero attached hydrogens (tertiary/aromatic N) is 3. The number of amides is 1. The van der Waals surface area contributed by atoms with Crippen LogP contribution in [-0.4, -0.2) is 32.8 Å². The van der Waals surface area contributed by atoms with E-state index >= 15 is 0 Å². The van der Waals surface area contributed by atoms with Crippen molar-refractivity contribution in [3.8, 4) is 11.4 Å². The fourth-order valence-corrected chi connectivity index (χ4v) is 3.14. The number of H-pyrrole nitrogens is 1. The van der Waals surface area contributed by atoms with Gasteiger partial charge in [0.1, 0.15) is 5.82 Å². The Morgan fingerprint density at radius 2 is 1.86 bits per heavy atom. The van der Waals surface area contributed by atoms with Crippen molar-refractivity contribution in [3.63, 3.8) is 0 Å². The lowest BCUT2D eigenvalue weighted by Gasteiger charge is -2.18. The summed E-state index contributed by atoms with van der Waals surface area (Å²) in [6, 6.07) is 19.1. The number of nitrogens with one attached hydrogen (secondary N) is 2. The molecule has 2 heterocycles. The largest absolute Gasteiger partial charge is 0.493 e. The zero-order chi connectivity index (χ0) is 20.1. The molecule has 0 spiro atoms. The highest BCUT2D eigenvalue weighted by atomic mass is 16.5. The number of benzene rings is 2. The number of carbonyl (C=O) groups is 1. The molecule has 0 fully saturated rings. The predicted octanol–water partition coefficient (Wildman–Crippen LogP) is 3.32. The molecule has 0 bridgehead atoms. The molecule has 1 amide bonds. The van der Waals surface area contributed by atoms with E-state index in [9.17, 15) is 4.79 Å². The first kappa shape index (κ1) is 18.5. The third-order valence-corrected chi connectivity index (χ3v) is 4.60. The van der Waals surface area contributed by atoms with Crippen LogP contribution in [0.25, 0.3) is 5.69 Å². The van der Waals surface area contributed by atoms with Gasteiger partial charge in [-0.2, -0.15) is 5.10 Å². The van der Waals surface area contributed by atoms with Crippen LogP contribution in [0.3, 0.4) is 0 Å². The molecule has 0 unspecified atom stereocenters. The van der Waals surface area contributed by atoms with E-state index in [1.54, 1.807) is 23.3 Å². The number of hydrogen-bond acceptors (Lipinski definition) is 4. The molecule has 29 heavy (non-hydrogen) atoms. The molecule has 2 aromatic heterocycles. The van der Waals surface area contributed by atoms with E-state index in [1.165, 1.54) is 7.11 Å². The number of aromatic amines is 1. The molecular weight excluding hydrogens is 366 g/mol. The van der Waals surface area contributed by atoms with Crippen molar-refractivity contribution in [2.45, 2.75) is 12.5 Å². The minimum atomic E-state index is -0.308. The fourth-order valence-electron chi connectivity index (χ4n) is 3.14. The monoisotopic (exact) mass is 387 g/mol. The van der Waals surface area contributed by atoms with E-state index in [1.807, 2.05) is 60.7 Å². The van der Waals surface area contributed by atoms with Gasteiger partial charge in [-0.05, 0) is 17.7 Å². The third kappa shape index (κ3) is 4.19. The summed E-state index contributed by atoms with van der Waals surface area (Å²) in [5.74, 6) is 0.897. The SMILES string of the molecule is COc1cn(-c2ccccc2)nc1C(=O)N[C@H](Cc1ncc[nH]1)c1ccccc1. The maximum Gasteiger partial charge on any atom is 0.276 e. The second-order valence-electron chi connectivity index (χ2n) is 6.50. The van der Waals surface area contributed by atoms with E-state index in [2.05, 4.69) is 20.4 Å². The molecule has 2 N–H and O–H groups in total. The summed E-state index contributed by atoms with van der Waals surface area (Å²) in [5, 5.41) is 7.52. The smallest absolute Gasteiger partial charge is 0.276 e. The maximum atomic E-state index is 13.1. The predicted molar refractivity (Wildman–Crippen MR) is 109 cm³/mol. The molecule has 7 heteroatoms. The van der Waals surface area contributed by atoms with Crippen LogP contribution in [-0.2, 0) is 6.42 Å². The van der Waals surface area contributed by atoms with Crippen molar-refractivity contribution >= 4 is 5.91 Å². The summed E-state index contributed by atoms with van der Waals surface area (Å²) in [6.45, 7) is 0. The van der Waals surface area contributed by atoms with Crippen LogP contribution in [0.1, 0.15) is 27.9 Å². The molecule has 0 saturated heterocycles. The first-order chi connectivity index (χ1) is 14.2. The normalized spacial score (nSPS) is 11.8. The van der Waals surface area contributed by atoms with Crippen LogP contribution in [0.2, 0.25) is 0 Å². The summed E-state index contributed by atoms with van der Waals surface area (Å²) in [5.41, 5.74) is 2.07. The Labute approximate surface area is 168 Å². The highest BCUT2D eigenvalue weighted by Crippen LogP contribution is 2.22. The van der Waals surface area contributed by atoms with E-state index < -0.39 is 0 Å². The summed E-state index contributed by atoms with van der Waals surface area (Å²) in [7, 11) is 1.53. The van der Waals surface area contributed by atoms with Crippen LogP contribution in [0.15, 0.2) is 79.3 Å². The Hall–Kier alpha value is -3.87. The Bertz CT molecular complexity index is 1060. The molecule has 4 rings (SSSR count). The van der Waals surface area contributed by atoms with Crippen molar-refractivity contribution in [1.82, 2.24) is 25.1 Å². The van der Waals surface area contributed by atoms with Gasteiger partial charge in [-0.15, -0.1) is 0 Å². The van der Waals surface area contributed by atoms with Gasteiger partial charge in [0.25, 0.3) is 5.91 Å². The summed E-state index contributed by atoms with van der Waals surface area (Å²) in [6.07, 6.45) is 5.70. The molecular formula is C22H21N5O2. The summed E-state index contributed by atoms with van der Waals surface area (Å²) < 4.78 is 7.04. The first-order valence-electron chi connectivity index (χ1n) is 9.27. The lowest BCUT2D eigenvalue weighted by atomic mass is 10.0. The second kappa shape index (κ2) is 8.43. The Morgan fingerprint density at radius 3 is 2.52 bits per heavy atom. The topological polar surface area (TPSA) is 84.8 Å². The lowest BCUT2D eigenvalue weighted by molar-refractivity contribution is 0.0927. The Kier molecular flexibility index (Phi) is 5.38. The number of ether oxygens (including phenoxy) is 1. The molecule has 0 aliphatic heterocycles. The van der Waals surface area contributed by atoms with Gasteiger partial charge in [0, 0.05) is 18.8 Å². The Balaban J connectivity index is 1.61. The molecule has 4 aromatic rings. The third-order valence-electron chi connectivity index (χ3n) is 4.60. The minimum Gasteiger partial charge on any atom is -0.493 e. The van der Waals surface area contributed by atoms with Gasteiger partial charge >= 0.3 is 0 Å². The van der Waals surface area contributed by atoms with Gasteiger partial charge in [-0.3, -0.25) is 4.79 Å². The molecule has 7 nitrogen and oxygen atoms in total. The number of aromatic nitrogens is 4. The quantitative estimate of drug-likeness (QED) is 0.509.